The molecule has 1 aromatic carbocycles. The summed E-state index contributed by atoms with van der Waals surface area (Å²) in [6.45, 7) is 1.80. The fourth-order valence-corrected chi connectivity index (χ4v) is 2.89. The Morgan fingerprint density at radius 2 is 1.90 bits per heavy atom. The molecule has 2 aliphatic heterocycles. The molecule has 1 fully saturated rings. The Bertz CT molecular complexity index is 545. The molecule has 2 aliphatic rings. The smallest absolute Gasteiger partial charge is 0.274 e. The van der Waals surface area contributed by atoms with Crippen LogP contribution in [0.2, 0.25) is 0 Å². The Morgan fingerprint density at radius 3 is 2.50 bits per heavy atom. The third kappa shape index (κ3) is 1.98. The Morgan fingerprint density at radius 1 is 1.25 bits per heavy atom. The molecule has 0 aliphatic carbocycles. The normalized spacial score (nSPS) is 21.2. The van der Waals surface area contributed by atoms with Crippen molar-refractivity contribution in [1.29, 1.82) is 0 Å². The number of benzene rings is 1. The van der Waals surface area contributed by atoms with Crippen LogP contribution in [0, 0.1) is 0 Å². The third-order valence-corrected chi connectivity index (χ3v) is 4.22. The molecular formula is C15H19N3O2. The number of piperidine rings is 1. The number of likely N-dealkylation sites (N-methyl/N-ethyl adjacent to an activating group) is 1. The molecule has 0 bridgehead atoms. The summed E-state index contributed by atoms with van der Waals surface area (Å²) in [5.41, 5.74) is 1.08. The lowest BCUT2D eigenvalue weighted by Gasteiger charge is -2.37. The van der Waals surface area contributed by atoms with Gasteiger partial charge >= 0.3 is 0 Å². The molecule has 5 nitrogen and oxygen atoms in total. The van der Waals surface area contributed by atoms with E-state index in [4.69, 9.17) is 9.73 Å². The largest absolute Gasteiger partial charge is 0.497 e. The van der Waals surface area contributed by atoms with E-state index in [1.54, 1.807) is 12.0 Å². The van der Waals surface area contributed by atoms with Gasteiger partial charge in [-0.3, -0.25) is 9.79 Å². The van der Waals surface area contributed by atoms with Crippen LogP contribution in [0.1, 0.15) is 18.4 Å². The van der Waals surface area contributed by atoms with Crippen molar-refractivity contribution in [2.24, 2.45) is 4.99 Å². The summed E-state index contributed by atoms with van der Waals surface area (Å²) in [6, 6.07) is 7.50. The summed E-state index contributed by atoms with van der Waals surface area (Å²) in [5, 5.41) is 3.32. The maximum absolute atomic E-state index is 12.5. The summed E-state index contributed by atoms with van der Waals surface area (Å²) in [6.07, 6.45) is 1.74. The van der Waals surface area contributed by atoms with Crippen LogP contribution in [-0.4, -0.2) is 49.4 Å². The van der Waals surface area contributed by atoms with Gasteiger partial charge < -0.3 is 15.0 Å². The van der Waals surface area contributed by atoms with Crippen LogP contribution in [0.3, 0.4) is 0 Å². The van der Waals surface area contributed by atoms with Crippen molar-refractivity contribution in [3.05, 3.63) is 29.8 Å². The van der Waals surface area contributed by atoms with Gasteiger partial charge in [0, 0.05) is 25.5 Å². The van der Waals surface area contributed by atoms with Crippen molar-refractivity contribution in [2.45, 2.75) is 18.5 Å². The molecule has 0 atom stereocenters. The van der Waals surface area contributed by atoms with Crippen molar-refractivity contribution < 1.29 is 9.53 Å². The average Bonchev–Trinajstić information content (AvgIpc) is 2.74. The molecule has 3 rings (SSSR count). The van der Waals surface area contributed by atoms with Crippen LogP contribution in [0.5, 0.6) is 5.75 Å². The number of hydrogen-bond acceptors (Lipinski definition) is 4. The molecule has 1 amide bonds. The van der Waals surface area contributed by atoms with E-state index in [2.05, 4.69) is 5.32 Å². The summed E-state index contributed by atoms with van der Waals surface area (Å²) < 4.78 is 5.15. The first kappa shape index (κ1) is 13.1. The maximum Gasteiger partial charge on any atom is 0.274 e. The van der Waals surface area contributed by atoms with Crippen LogP contribution in [0.25, 0.3) is 0 Å². The average molecular weight is 273 g/mol. The van der Waals surface area contributed by atoms with Gasteiger partial charge in [0.05, 0.1) is 7.11 Å². The molecule has 1 saturated heterocycles. The Balaban J connectivity index is 1.95. The summed E-state index contributed by atoms with van der Waals surface area (Å²) in [7, 11) is 3.48. The number of methoxy groups -OCH3 is 1. The number of carbonyl (C=O) groups excluding carboxylic acids is 1. The van der Waals surface area contributed by atoms with Gasteiger partial charge in [0.2, 0.25) is 0 Å². The summed E-state index contributed by atoms with van der Waals surface area (Å²) in [4.78, 5) is 19.1. The van der Waals surface area contributed by atoms with Crippen molar-refractivity contribution in [2.75, 3.05) is 27.2 Å². The highest BCUT2D eigenvalue weighted by molar-refractivity contribution is 6.46. The van der Waals surface area contributed by atoms with Gasteiger partial charge in [0.1, 0.15) is 17.1 Å². The van der Waals surface area contributed by atoms with Gasteiger partial charge in [-0.2, -0.15) is 0 Å². The predicted octanol–water partition coefficient (Wildman–Crippen LogP) is 1.04. The van der Waals surface area contributed by atoms with Crippen LogP contribution in [0.15, 0.2) is 29.3 Å². The van der Waals surface area contributed by atoms with E-state index in [9.17, 15) is 4.79 Å². The molecule has 1 N–H and O–H groups in total. The van der Waals surface area contributed by atoms with Crippen LogP contribution >= 0.6 is 0 Å². The molecule has 106 valence electrons. The zero-order valence-electron chi connectivity index (χ0n) is 11.8. The molecular weight excluding hydrogens is 254 g/mol. The second-order valence-corrected chi connectivity index (χ2v) is 5.29. The van der Waals surface area contributed by atoms with E-state index in [0.29, 0.717) is 5.71 Å². The van der Waals surface area contributed by atoms with E-state index in [0.717, 1.165) is 37.2 Å². The number of hydrogen-bond donors (Lipinski definition) is 1. The van der Waals surface area contributed by atoms with E-state index in [-0.39, 0.29) is 11.6 Å². The van der Waals surface area contributed by atoms with Crippen molar-refractivity contribution in [1.82, 2.24) is 10.2 Å². The number of nitrogens with zero attached hydrogens (tertiary/aromatic N) is 2. The number of amides is 1. The van der Waals surface area contributed by atoms with Crippen molar-refractivity contribution >= 4 is 11.6 Å². The minimum absolute atomic E-state index is 0.0112. The Kier molecular flexibility index (Phi) is 3.22. The van der Waals surface area contributed by atoms with Crippen LogP contribution in [0.4, 0.5) is 0 Å². The first-order valence-corrected chi connectivity index (χ1v) is 6.89. The van der Waals surface area contributed by atoms with Gasteiger partial charge in [0.15, 0.2) is 0 Å². The van der Waals surface area contributed by atoms with Crippen molar-refractivity contribution in [3.8, 4) is 5.75 Å². The van der Waals surface area contributed by atoms with E-state index in [1.165, 1.54) is 0 Å². The molecule has 0 aromatic heterocycles. The van der Waals surface area contributed by atoms with E-state index < -0.39 is 0 Å². The molecule has 0 unspecified atom stereocenters. The van der Waals surface area contributed by atoms with Gasteiger partial charge in [-0.05, 0) is 37.4 Å². The lowest BCUT2D eigenvalue weighted by atomic mass is 9.98. The van der Waals surface area contributed by atoms with Gasteiger partial charge in [0.25, 0.3) is 5.91 Å². The SMILES string of the molecule is COc1ccc(C2=NC3(CCNCC3)N(C)C2=O)cc1. The van der Waals surface area contributed by atoms with Gasteiger partial charge in [-0.1, -0.05) is 0 Å². The van der Waals surface area contributed by atoms with Gasteiger partial charge in [-0.25, -0.2) is 0 Å². The highest BCUT2D eigenvalue weighted by atomic mass is 16.5. The minimum Gasteiger partial charge on any atom is -0.497 e. The number of rotatable bonds is 2. The van der Waals surface area contributed by atoms with Gasteiger partial charge in [-0.15, -0.1) is 0 Å². The second kappa shape index (κ2) is 4.90. The van der Waals surface area contributed by atoms with Crippen LogP contribution in [-0.2, 0) is 4.79 Å². The lowest BCUT2D eigenvalue weighted by Crippen LogP contribution is -2.50. The fourth-order valence-electron chi connectivity index (χ4n) is 2.89. The number of nitrogens with one attached hydrogen (secondary N) is 1. The number of aliphatic imine (C=N–C) groups is 1. The zero-order valence-corrected chi connectivity index (χ0v) is 11.8. The molecule has 5 heteroatoms. The predicted molar refractivity (Wildman–Crippen MR) is 77.1 cm³/mol. The molecule has 0 saturated carbocycles. The highest BCUT2D eigenvalue weighted by Crippen LogP contribution is 2.33. The number of carbonyl (C=O) groups is 1. The summed E-state index contributed by atoms with van der Waals surface area (Å²) in [5.74, 6) is 0.793. The lowest BCUT2D eigenvalue weighted by molar-refractivity contribution is -0.126. The van der Waals surface area contributed by atoms with Crippen molar-refractivity contribution in [3.63, 3.8) is 0 Å². The molecule has 1 spiro atoms. The first-order chi connectivity index (χ1) is 9.66. The fraction of sp³-hybridized carbons (Fsp3) is 0.467. The third-order valence-electron chi connectivity index (χ3n) is 4.22. The quantitative estimate of drug-likeness (QED) is 0.876. The zero-order chi connectivity index (χ0) is 14.2. The standard InChI is InChI=1S/C15H19N3O2/c1-18-14(19)13(11-3-5-12(20-2)6-4-11)17-15(18)7-9-16-10-8-15/h3-6,16H,7-10H2,1-2H3. The second-order valence-electron chi connectivity index (χ2n) is 5.29. The first-order valence-electron chi connectivity index (χ1n) is 6.89. The monoisotopic (exact) mass is 273 g/mol. The van der Waals surface area contributed by atoms with E-state index in [1.807, 2.05) is 31.3 Å². The topological polar surface area (TPSA) is 53.9 Å². The Hall–Kier alpha value is -1.88. The van der Waals surface area contributed by atoms with Crippen LogP contribution < -0.4 is 10.1 Å². The molecule has 0 radical (unpaired) electrons. The maximum atomic E-state index is 12.5. The van der Waals surface area contributed by atoms with E-state index >= 15 is 0 Å². The molecule has 1 aromatic rings. The molecule has 2 heterocycles. The number of ether oxygens (including phenoxy) is 1. The Labute approximate surface area is 118 Å². The summed E-state index contributed by atoms with van der Waals surface area (Å²) >= 11 is 0. The highest BCUT2D eigenvalue weighted by Gasteiger charge is 2.45. The molecule has 20 heavy (non-hydrogen) atoms. The minimum atomic E-state index is -0.350.